The molecular weight excluding hydrogens is 266 g/mol. The van der Waals surface area contributed by atoms with Gasteiger partial charge in [0, 0.05) is 13.0 Å². The van der Waals surface area contributed by atoms with Gasteiger partial charge in [-0.15, -0.1) is 0 Å². The number of thiophene rings is 1. The van der Waals surface area contributed by atoms with Crippen molar-refractivity contribution >= 4 is 22.9 Å². The smallest absolute Gasteiger partial charge is 0.137 e. The molecule has 0 amide bonds. The molecule has 0 saturated heterocycles. The molecule has 1 heterocycles. The van der Waals surface area contributed by atoms with E-state index < -0.39 is 0 Å². The topological polar surface area (TPSA) is 21.3 Å². The van der Waals surface area contributed by atoms with Gasteiger partial charge in [-0.1, -0.05) is 17.7 Å². The quantitative estimate of drug-likeness (QED) is 0.871. The largest absolute Gasteiger partial charge is 0.492 e. The minimum Gasteiger partial charge on any atom is -0.492 e. The van der Waals surface area contributed by atoms with E-state index in [0.717, 1.165) is 24.3 Å². The monoisotopic (exact) mass is 281 g/mol. The van der Waals surface area contributed by atoms with Crippen molar-refractivity contribution in [1.29, 1.82) is 0 Å². The van der Waals surface area contributed by atoms with Gasteiger partial charge in [0.15, 0.2) is 0 Å². The van der Waals surface area contributed by atoms with Gasteiger partial charge in [-0.2, -0.15) is 11.3 Å². The zero-order chi connectivity index (χ0) is 12.8. The summed E-state index contributed by atoms with van der Waals surface area (Å²) in [5.41, 5.74) is 2.47. The molecule has 2 nitrogen and oxygen atoms in total. The van der Waals surface area contributed by atoms with Gasteiger partial charge in [-0.25, -0.2) is 0 Å². The molecule has 0 fully saturated rings. The van der Waals surface area contributed by atoms with E-state index in [-0.39, 0.29) is 0 Å². The van der Waals surface area contributed by atoms with Crippen LogP contribution in [0.25, 0.3) is 0 Å². The molecule has 0 atom stereocenters. The summed E-state index contributed by atoms with van der Waals surface area (Å²) in [4.78, 5) is 0. The van der Waals surface area contributed by atoms with Gasteiger partial charge in [0.1, 0.15) is 5.75 Å². The fraction of sp³-hybridized carbons (Fsp3) is 0.286. The lowest BCUT2D eigenvalue weighted by Crippen LogP contribution is -2.05. The molecule has 0 radical (unpaired) electrons. The molecule has 0 aliphatic carbocycles. The molecule has 2 aromatic rings. The van der Waals surface area contributed by atoms with Crippen molar-refractivity contribution < 1.29 is 4.74 Å². The van der Waals surface area contributed by atoms with E-state index in [9.17, 15) is 0 Å². The average molecular weight is 282 g/mol. The van der Waals surface area contributed by atoms with Crippen molar-refractivity contribution in [1.82, 2.24) is 5.32 Å². The lowest BCUT2D eigenvalue weighted by Gasteiger charge is -2.09. The Morgan fingerprint density at radius 1 is 1.28 bits per heavy atom. The molecule has 0 bridgehead atoms. The Bertz CT molecular complexity index is 485. The number of rotatable bonds is 6. The average Bonchev–Trinajstić information content (AvgIpc) is 2.85. The molecule has 1 aromatic carbocycles. The maximum Gasteiger partial charge on any atom is 0.137 e. The molecule has 0 saturated carbocycles. The Balaban J connectivity index is 1.89. The fourth-order valence-corrected chi connectivity index (χ4v) is 2.65. The third-order valence-corrected chi connectivity index (χ3v) is 3.63. The first kappa shape index (κ1) is 13.4. The summed E-state index contributed by atoms with van der Waals surface area (Å²) < 4.78 is 5.70. The first-order chi connectivity index (χ1) is 8.79. The number of ether oxygens (including phenoxy) is 1. The molecule has 96 valence electrons. The van der Waals surface area contributed by atoms with E-state index in [0.29, 0.717) is 11.6 Å². The van der Waals surface area contributed by atoms with Crippen molar-refractivity contribution in [3.63, 3.8) is 0 Å². The maximum absolute atomic E-state index is 6.18. The molecule has 4 heteroatoms. The van der Waals surface area contributed by atoms with Gasteiger partial charge in [0.05, 0.1) is 11.6 Å². The van der Waals surface area contributed by atoms with Gasteiger partial charge < -0.3 is 10.1 Å². The zero-order valence-corrected chi connectivity index (χ0v) is 11.9. The van der Waals surface area contributed by atoms with Gasteiger partial charge in [0.2, 0.25) is 0 Å². The Labute approximate surface area is 117 Å². The van der Waals surface area contributed by atoms with Crippen molar-refractivity contribution in [2.24, 2.45) is 0 Å². The number of nitrogens with one attached hydrogen (secondary N) is 1. The first-order valence-corrected chi connectivity index (χ1v) is 7.18. The Kier molecular flexibility index (Phi) is 5.05. The van der Waals surface area contributed by atoms with Crippen molar-refractivity contribution in [3.05, 3.63) is 51.2 Å². The maximum atomic E-state index is 6.18. The highest BCUT2D eigenvalue weighted by Gasteiger charge is 2.03. The van der Waals surface area contributed by atoms with Crippen LogP contribution in [0.5, 0.6) is 5.75 Å². The van der Waals surface area contributed by atoms with Crippen LogP contribution >= 0.6 is 22.9 Å². The predicted octanol–water partition coefficient (Wildman–Crippen LogP) is 3.74. The number of benzene rings is 1. The van der Waals surface area contributed by atoms with E-state index in [1.165, 1.54) is 5.56 Å². The van der Waals surface area contributed by atoms with Crippen LogP contribution in [0.1, 0.15) is 11.1 Å². The van der Waals surface area contributed by atoms with Crippen LogP contribution in [0.2, 0.25) is 5.02 Å². The standard InChI is InChI=1S/C14H16ClNOS/c1-16-9-12-2-3-14(13(15)8-12)17-6-4-11-5-7-18-10-11/h2-3,5,7-8,10,16H,4,6,9H2,1H3. The second-order valence-electron chi connectivity index (χ2n) is 4.03. The van der Waals surface area contributed by atoms with Crippen LogP contribution in [0, 0.1) is 0 Å². The Morgan fingerprint density at radius 3 is 2.83 bits per heavy atom. The summed E-state index contributed by atoms with van der Waals surface area (Å²) in [5, 5.41) is 7.99. The van der Waals surface area contributed by atoms with E-state index in [4.69, 9.17) is 16.3 Å². The lowest BCUT2D eigenvalue weighted by molar-refractivity contribution is 0.322. The van der Waals surface area contributed by atoms with Crippen LogP contribution in [-0.4, -0.2) is 13.7 Å². The van der Waals surface area contributed by atoms with Crippen LogP contribution in [0.3, 0.4) is 0 Å². The fourth-order valence-electron chi connectivity index (χ4n) is 1.69. The van der Waals surface area contributed by atoms with Gasteiger partial charge in [-0.3, -0.25) is 0 Å². The summed E-state index contributed by atoms with van der Waals surface area (Å²) >= 11 is 7.88. The third-order valence-electron chi connectivity index (χ3n) is 2.61. The summed E-state index contributed by atoms with van der Waals surface area (Å²) in [6.45, 7) is 1.47. The van der Waals surface area contributed by atoms with Gasteiger partial charge in [-0.05, 0) is 47.1 Å². The van der Waals surface area contributed by atoms with Crippen LogP contribution in [-0.2, 0) is 13.0 Å². The van der Waals surface area contributed by atoms with E-state index in [2.05, 4.69) is 22.1 Å². The molecule has 0 aliphatic rings. The first-order valence-electron chi connectivity index (χ1n) is 5.86. The molecule has 0 unspecified atom stereocenters. The highest BCUT2D eigenvalue weighted by atomic mass is 35.5. The molecule has 1 aromatic heterocycles. The molecule has 0 aliphatic heterocycles. The summed E-state index contributed by atoms with van der Waals surface area (Å²) in [6.07, 6.45) is 0.915. The minimum absolute atomic E-state index is 0.655. The van der Waals surface area contributed by atoms with Gasteiger partial charge >= 0.3 is 0 Å². The number of hydrogen-bond acceptors (Lipinski definition) is 3. The molecule has 2 rings (SSSR count). The third kappa shape index (κ3) is 3.73. The normalized spacial score (nSPS) is 10.6. The highest BCUT2D eigenvalue weighted by Crippen LogP contribution is 2.25. The van der Waals surface area contributed by atoms with E-state index in [1.807, 2.05) is 25.2 Å². The van der Waals surface area contributed by atoms with Crippen molar-refractivity contribution in [2.45, 2.75) is 13.0 Å². The predicted molar refractivity (Wildman–Crippen MR) is 77.7 cm³/mol. The molecule has 0 spiro atoms. The summed E-state index contributed by atoms with van der Waals surface area (Å²) in [6, 6.07) is 8.02. The van der Waals surface area contributed by atoms with E-state index in [1.54, 1.807) is 11.3 Å². The molecule has 18 heavy (non-hydrogen) atoms. The second kappa shape index (κ2) is 6.78. The SMILES string of the molecule is CNCc1ccc(OCCc2ccsc2)c(Cl)c1. The zero-order valence-electron chi connectivity index (χ0n) is 10.3. The van der Waals surface area contributed by atoms with Crippen molar-refractivity contribution in [3.8, 4) is 5.75 Å². The number of hydrogen-bond donors (Lipinski definition) is 1. The van der Waals surface area contributed by atoms with Crippen LogP contribution in [0.15, 0.2) is 35.0 Å². The second-order valence-corrected chi connectivity index (χ2v) is 5.21. The van der Waals surface area contributed by atoms with Crippen LogP contribution < -0.4 is 10.1 Å². The van der Waals surface area contributed by atoms with Crippen molar-refractivity contribution in [2.75, 3.05) is 13.7 Å². The lowest BCUT2D eigenvalue weighted by atomic mass is 10.2. The minimum atomic E-state index is 0.655. The van der Waals surface area contributed by atoms with Crippen LogP contribution in [0.4, 0.5) is 0 Å². The Morgan fingerprint density at radius 2 is 2.17 bits per heavy atom. The molecular formula is C14H16ClNOS. The van der Waals surface area contributed by atoms with Gasteiger partial charge in [0.25, 0.3) is 0 Å². The summed E-state index contributed by atoms with van der Waals surface area (Å²) in [5.74, 6) is 0.756. The Hall–Kier alpha value is -1.03. The molecule has 1 N–H and O–H groups in total. The number of halogens is 1. The van der Waals surface area contributed by atoms with E-state index >= 15 is 0 Å². The summed E-state index contributed by atoms with van der Waals surface area (Å²) in [7, 11) is 1.92. The highest BCUT2D eigenvalue weighted by molar-refractivity contribution is 7.07.